The van der Waals surface area contributed by atoms with Gasteiger partial charge in [-0.1, -0.05) is 52.7 Å². The highest BCUT2D eigenvalue weighted by Crippen LogP contribution is 2.49. The third kappa shape index (κ3) is 3.78. The molecule has 29 heavy (non-hydrogen) atoms. The van der Waals surface area contributed by atoms with Crippen LogP contribution in [0.15, 0.2) is 81.0 Å². The number of aliphatic imine (C=N–C) groups is 1. The molecule has 0 radical (unpaired) electrons. The van der Waals surface area contributed by atoms with E-state index in [4.69, 9.17) is 14.5 Å². The van der Waals surface area contributed by atoms with E-state index in [0.29, 0.717) is 0 Å². The largest absolute Gasteiger partial charge is 0.452 e. The minimum Gasteiger partial charge on any atom is -0.452 e. The second-order valence-electron chi connectivity index (χ2n) is 7.94. The van der Waals surface area contributed by atoms with E-state index in [1.807, 2.05) is 36.5 Å². The first-order chi connectivity index (χ1) is 14.2. The summed E-state index contributed by atoms with van der Waals surface area (Å²) in [5.74, 6) is 1.47. The lowest BCUT2D eigenvalue weighted by Gasteiger charge is -2.42. The van der Waals surface area contributed by atoms with Gasteiger partial charge in [0.1, 0.15) is 11.5 Å². The van der Waals surface area contributed by atoms with Crippen LogP contribution in [0.5, 0.6) is 0 Å². The van der Waals surface area contributed by atoms with Crippen LogP contribution < -0.4 is 0 Å². The molecule has 0 bridgehead atoms. The first-order valence-electron chi connectivity index (χ1n) is 10.4. The van der Waals surface area contributed by atoms with Gasteiger partial charge in [0, 0.05) is 40.2 Å². The molecule has 0 atom stereocenters. The number of hydrogen-bond donors (Lipinski definition) is 0. The lowest BCUT2D eigenvalue weighted by Crippen LogP contribution is -2.40. The lowest BCUT2D eigenvalue weighted by molar-refractivity contribution is -0.198. The number of ether oxygens (including phenoxy) is 2. The van der Waals surface area contributed by atoms with Gasteiger partial charge in [-0.15, -0.1) is 0 Å². The van der Waals surface area contributed by atoms with Crippen molar-refractivity contribution < 1.29 is 9.47 Å². The molecule has 5 rings (SSSR count). The van der Waals surface area contributed by atoms with Crippen molar-refractivity contribution >= 4 is 33.6 Å². The zero-order chi connectivity index (χ0) is 19.7. The molecule has 1 spiro atoms. The Morgan fingerprint density at radius 3 is 2.31 bits per heavy atom. The highest BCUT2D eigenvalue weighted by molar-refractivity contribution is 9.10. The van der Waals surface area contributed by atoms with Crippen LogP contribution >= 0.6 is 15.9 Å². The Bertz CT molecular complexity index is 983. The summed E-state index contributed by atoms with van der Waals surface area (Å²) in [6.45, 7) is 0. The number of halogens is 1. The molecular formula is C25H24BrNO2. The Hall–Kier alpha value is -2.33. The molecule has 2 aromatic carbocycles. The van der Waals surface area contributed by atoms with Gasteiger partial charge in [0.25, 0.3) is 5.79 Å². The average Bonchev–Trinajstić information content (AvgIpc) is 3.16. The molecule has 3 aliphatic rings. The van der Waals surface area contributed by atoms with Gasteiger partial charge in [-0.2, -0.15) is 0 Å². The summed E-state index contributed by atoms with van der Waals surface area (Å²) < 4.78 is 14.3. The van der Waals surface area contributed by atoms with Crippen LogP contribution in [0.2, 0.25) is 0 Å². The quantitative estimate of drug-likeness (QED) is 0.459. The maximum absolute atomic E-state index is 6.61. The fourth-order valence-corrected chi connectivity index (χ4v) is 4.66. The van der Waals surface area contributed by atoms with E-state index in [1.165, 1.54) is 17.6 Å². The Morgan fingerprint density at radius 1 is 0.828 bits per heavy atom. The lowest BCUT2D eigenvalue weighted by atomic mass is 9.92. The van der Waals surface area contributed by atoms with Crippen LogP contribution in [-0.4, -0.2) is 12.0 Å². The van der Waals surface area contributed by atoms with Crippen LogP contribution in [0, 0.1) is 0 Å². The molecule has 0 aromatic heterocycles. The molecule has 0 N–H and O–H groups in total. The molecule has 0 amide bonds. The molecule has 4 heteroatoms. The zero-order valence-corrected chi connectivity index (χ0v) is 18.0. The topological polar surface area (TPSA) is 30.8 Å². The molecule has 1 saturated carbocycles. The second-order valence-corrected chi connectivity index (χ2v) is 8.85. The number of hydrogen-bond acceptors (Lipinski definition) is 3. The van der Waals surface area contributed by atoms with Crippen molar-refractivity contribution in [3.05, 3.63) is 81.5 Å². The summed E-state index contributed by atoms with van der Waals surface area (Å²) in [7, 11) is 0. The van der Waals surface area contributed by atoms with E-state index >= 15 is 0 Å². The van der Waals surface area contributed by atoms with Crippen molar-refractivity contribution in [1.82, 2.24) is 0 Å². The number of fused-ring (bicyclic) bond motifs is 1. The monoisotopic (exact) mass is 449 g/mol. The average molecular weight is 450 g/mol. The van der Waals surface area contributed by atoms with Crippen molar-refractivity contribution in [1.29, 1.82) is 0 Å². The fourth-order valence-electron chi connectivity index (χ4n) is 4.40. The number of benzene rings is 2. The van der Waals surface area contributed by atoms with E-state index < -0.39 is 5.79 Å². The number of allylic oxidation sites excluding steroid dienone is 2. The highest BCUT2D eigenvalue weighted by Gasteiger charge is 2.44. The Balaban J connectivity index is 1.55. The van der Waals surface area contributed by atoms with Crippen LogP contribution in [0.3, 0.4) is 0 Å². The molecule has 1 fully saturated rings. The van der Waals surface area contributed by atoms with E-state index in [0.717, 1.165) is 65.8 Å². The normalized spacial score (nSPS) is 20.7. The van der Waals surface area contributed by atoms with Gasteiger partial charge in [-0.05, 0) is 49.9 Å². The summed E-state index contributed by atoms with van der Waals surface area (Å²) in [4.78, 5) is 4.70. The first kappa shape index (κ1) is 18.7. The predicted octanol–water partition coefficient (Wildman–Crippen LogP) is 7.32. The van der Waals surface area contributed by atoms with Gasteiger partial charge >= 0.3 is 0 Å². The molecule has 2 aromatic rings. The van der Waals surface area contributed by atoms with Crippen LogP contribution in [0.25, 0.3) is 5.76 Å². The summed E-state index contributed by atoms with van der Waals surface area (Å²) in [6.07, 6.45) is 9.27. The second kappa shape index (κ2) is 7.83. The highest BCUT2D eigenvalue weighted by atomic mass is 79.9. The van der Waals surface area contributed by atoms with E-state index in [-0.39, 0.29) is 0 Å². The van der Waals surface area contributed by atoms with Crippen LogP contribution in [0.4, 0.5) is 5.69 Å². The van der Waals surface area contributed by atoms with Crippen molar-refractivity contribution in [2.75, 3.05) is 0 Å². The molecule has 1 aliphatic heterocycles. The number of nitrogens with zero attached hydrogens (tertiary/aromatic N) is 1. The Labute approximate surface area is 180 Å². The summed E-state index contributed by atoms with van der Waals surface area (Å²) in [5.41, 5.74) is 4.44. The van der Waals surface area contributed by atoms with Crippen molar-refractivity contribution in [3.8, 4) is 0 Å². The summed E-state index contributed by atoms with van der Waals surface area (Å²) in [5, 5.41) is 0. The molecule has 0 saturated heterocycles. The molecule has 3 nitrogen and oxygen atoms in total. The molecule has 0 unspecified atom stereocenters. The first-order valence-corrected chi connectivity index (χ1v) is 11.2. The number of rotatable bonds is 3. The Kier molecular flexibility index (Phi) is 5.04. The summed E-state index contributed by atoms with van der Waals surface area (Å²) >= 11 is 3.48. The summed E-state index contributed by atoms with van der Waals surface area (Å²) in [6, 6.07) is 18.5. The van der Waals surface area contributed by atoms with Crippen LogP contribution in [0.1, 0.15) is 50.5 Å². The third-order valence-corrected chi connectivity index (χ3v) is 6.44. The maximum atomic E-state index is 6.61. The van der Waals surface area contributed by atoms with Gasteiger partial charge in [0.05, 0.1) is 5.69 Å². The van der Waals surface area contributed by atoms with Gasteiger partial charge in [-0.3, -0.25) is 4.99 Å². The van der Waals surface area contributed by atoms with Gasteiger partial charge < -0.3 is 9.47 Å². The molecule has 148 valence electrons. The Morgan fingerprint density at radius 2 is 1.55 bits per heavy atom. The molecular weight excluding hydrogens is 426 g/mol. The van der Waals surface area contributed by atoms with Crippen LogP contribution in [-0.2, 0) is 9.47 Å². The zero-order valence-electron chi connectivity index (χ0n) is 16.4. The predicted molar refractivity (Wildman–Crippen MR) is 120 cm³/mol. The van der Waals surface area contributed by atoms with E-state index in [2.05, 4.69) is 40.2 Å². The van der Waals surface area contributed by atoms with Crippen molar-refractivity contribution in [2.24, 2.45) is 4.99 Å². The fraction of sp³-hybridized carbons (Fsp3) is 0.320. The standard InChI is InChI=1S/C25H24BrNO2/c26-20-10-12-21(13-11-20)27-17-19-9-14-22-23(18-7-3-1-4-8-18)28-25(29-24(19)22)15-5-2-6-16-25/h1,3-4,7-8,10-13,17H,2,5-6,9,14-16H2. The third-order valence-electron chi connectivity index (χ3n) is 5.91. The molecule has 1 heterocycles. The minimum atomic E-state index is -0.525. The van der Waals surface area contributed by atoms with Gasteiger partial charge in [-0.25, -0.2) is 0 Å². The van der Waals surface area contributed by atoms with Gasteiger partial charge in [0.2, 0.25) is 0 Å². The molecule has 2 aliphatic carbocycles. The minimum absolute atomic E-state index is 0.525. The SMILES string of the molecule is Brc1ccc(N=CC2=C3OC4(CCCCC4)OC(c4ccccc4)=C3CC2)cc1. The van der Waals surface area contributed by atoms with E-state index in [1.54, 1.807) is 0 Å². The van der Waals surface area contributed by atoms with Crippen molar-refractivity contribution in [3.63, 3.8) is 0 Å². The van der Waals surface area contributed by atoms with E-state index in [9.17, 15) is 0 Å². The maximum Gasteiger partial charge on any atom is 0.251 e. The van der Waals surface area contributed by atoms with Gasteiger partial charge in [0.15, 0.2) is 0 Å². The smallest absolute Gasteiger partial charge is 0.251 e. The van der Waals surface area contributed by atoms with Crippen molar-refractivity contribution in [2.45, 2.75) is 50.7 Å².